The third-order valence-electron chi connectivity index (χ3n) is 2.85. The molecule has 0 radical (unpaired) electrons. The molecule has 0 spiro atoms. The van der Waals surface area contributed by atoms with Crippen LogP contribution in [-0.2, 0) is 0 Å². The molecule has 1 aromatic heterocycles. The number of benzene rings is 1. The quantitative estimate of drug-likeness (QED) is 0.676. The lowest BCUT2D eigenvalue weighted by atomic mass is 10.2. The van der Waals surface area contributed by atoms with E-state index >= 15 is 0 Å². The van der Waals surface area contributed by atoms with Crippen LogP contribution in [0.25, 0.3) is 5.69 Å². The summed E-state index contributed by atoms with van der Waals surface area (Å²) in [6.07, 6.45) is 0. The number of aromatic nitrogens is 2. The number of nitro benzene ring substituents is 2. The topological polar surface area (TPSA) is 124 Å². The van der Waals surface area contributed by atoms with Crippen molar-refractivity contribution in [1.29, 1.82) is 0 Å². The van der Waals surface area contributed by atoms with Crippen molar-refractivity contribution in [3.8, 4) is 11.4 Å². The first-order valence-electron chi connectivity index (χ1n) is 5.51. The molecule has 9 heteroatoms. The van der Waals surface area contributed by atoms with Gasteiger partial charge in [-0.15, -0.1) is 0 Å². The number of hydrogen-bond donors (Lipinski definition) is 1. The Labute approximate surface area is 112 Å². The molecule has 0 aliphatic carbocycles. The highest BCUT2D eigenvalue weighted by molar-refractivity contribution is 5.59. The third-order valence-corrected chi connectivity index (χ3v) is 2.85. The van der Waals surface area contributed by atoms with E-state index < -0.39 is 15.5 Å². The Balaban J connectivity index is 2.70. The van der Waals surface area contributed by atoms with E-state index in [0.717, 1.165) is 12.1 Å². The predicted octanol–water partition coefficient (Wildman–Crippen LogP) is 2.01. The molecule has 0 amide bonds. The van der Waals surface area contributed by atoms with Crippen LogP contribution in [0, 0.1) is 34.1 Å². The SMILES string of the molecule is Cc1nn(-c2ccc([N+](=O)[O-])cc2[N+](=O)[O-])c(C)c1O. The van der Waals surface area contributed by atoms with Gasteiger partial charge in [0.2, 0.25) is 0 Å². The van der Waals surface area contributed by atoms with Crippen molar-refractivity contribution in [2.75, 3.05) is 0 Å². The fourth-order valence-electron chi connectivity index (χ4n) is 1.82. The number of hydrogen-bond acceptors (Lipinski definition) is 6. The van der Waals surface area contributed by atoms with E-state index in [1.54, 1.807) is 13.8 Å². The first kappa shape index (κ1) is 13.5. The second kappa shape index (κ2) is 4.61. The number of aromatic hydroxyl groups is 1. The molecule has 0 aliphatic heterocycles. The standard InChI is InChI=1S/C11H10N4O5/c1-6-11(16)7(2)13(12-6)9-4-3-8(14(17)18)5-10(9)15(19)20/h3-5,16H,1-2H3. The van der Waals surface area contributed by atoms with Crippen LogP contribution in [0.1, 0.15) is 11.4 Å². The van der Waals surface area contributed by atoms with Gasteiger partial charge >= 0.3 is 5.69 Å². The van der Waals surface area contributed by atoms with Gasteiger partial charge in [0, 0.05) is 6.07 Å². The van der Waals surface area contributed by atoms with Crippen LogP contribution in [-0.4, -0.2) is 24.7 Å². The minimum absolute atomic E-state index is 0.0569. The maximum absolute atomic E-state index is 11.1. The fraction of sp³-hybridized carbons (Fsp3) is 0.182. The van der Waals surface area contributed by atoms with Crippen LogP contribution < -0.4 is 0 Å². The van der Waals surface area contributed by atoms with Crippen molar-refractivity contribution in [3.63, 3.8) is 0 Å². The fourth-order valence-corrected chi connectivity index (χ4v) is 1.82. The summed E-state index contributed by atoms with van der Waals surface area (Å²) in [5.41, 5.74) is -0.146. The molecule has 0 saturated heterocycles. The molecule has 0 fully saturated rings. The molecule has 2 rings (SSSR count). The van der Waals surface area contributed by atoms with E-state index in [0.29, 0.717) is 11.4 Å². The molecule has 0 aliphatic rings. The molecule has 0 atom stereocenters. The highest BCUT2D eigenvalue weighted by atomic mass is 16.6. The summed E-state index contributed by atoms with van der Waals surface area (Å²) in [5.74, 6) is -0.0716. The molecular formula is C11H10N4O5. The summed E-state index contributed by atoms with van der Waals surface area (Å²) in [6.45, 7) is 3.09. The number of nitro groups is 2. The van der Waals surface area contributed by atoms with Crippen molar-refractivity contribution in [2.45, 2.75) is 13.8 Å². The molecular weight excluding hydrogens is 268 g/mol. The van der Waals surface area contributed by atoms with Crippen LogP contribution in [0.5, 0.6) is 5.75 Å². The van der Waals surface area contributed by atoms with E-state index in [2.05, 4.69) is 5.10 Å². The zero-order valence-corrected chi connectivity index (χ0v) is 10.6. The van der Waals surface area contributed by atoms with Crippen molar-refractivity contribution < 1.29 is 15.0 Å². The molecule has 0 saturated carbocycles. The normalized spacial score (nSPS) is 10.5. The van der Waals surface area contributed by atoms with E-state index in [1.807, 2.05) is 0 Å². The lowest BCUT2D eigenvalue weighted by molar-refractivity contribution is -0.394. The number of aryl methyl sites for hydroxylation is 1. The summed E-state index contributed by atoms with van der Waals surface area (Å²) < 4.78 is 1.19. The van der Waals surface area contributed by atoms with Crippen LogP contribution in [0.4, 0.5) is 11.4 Å². The Hall–Kier alpha value is -2.97. The van der Waals surface area contributed by atoms with Gasteiger partial charge in [0.25, 0.3) is 5.69 Å². The van der Waals surface area contributed by atoms with Crippen molar-refractivity contribution >= 4 is 11.4 Å². The minimum Gasteiger partial charge on any atom is -0.504 e. The zero-order chi connectivity index (χ0) is 15.0. The number of rotatable bonds is 3. The van der Waals surface area contributed by atoms with Gasteiger partial charge in [-0.2, -0.15) is 5.10 Å². The van der Waals surface area contributed by atoms with Gasteiger partial charge in [-0.1, -0.05) is 0 Å². The van der Waals surface area contributed by atoms with Crippen LogP contribution in [0.3, 0.4) is 0 Å². The summed E-state index contributed by atoms with van der Waals surface area (Å²) in [5, 5.41) is 35.4. The second-order valence-corrected chi connectivity index (χ2v) is 4.12. The predicted molar refractivity (Wildman–Crippen MR) is 68.0 cm³/mol. The van der Waals surface area contributed by atoms with E-state index in [9.17, 15) is 25.3 Å². The summed E-state index contributed by atoms with van der Waals surface area (Å²) in [7, 11) is 0. The summed E-state index contributed by atoms with van der Waals surface area (Å²) in [6, 6.07) is 3.24. The molecule has 9 nitrogen and oxygen atoms in total. The van der Waals surface area contributed by atoms with E-state index in [1.165, 1.54) is 10.7 Å². The highest BCUT2D eigenvalue weighted by Gasteiger charge is 2.23. The molecule has 1 aromatic carbocycles. The monoisotopic (exact) mass is 278 g/mol. The molecule has 20 heavy (non-hydrogen) atoms. The molecule has 1 N–H and O–H groups in total. The summed E-state index contributed by atoms with van der Waals surface area (Å²) in [4.78, 5) is 20.3. The Morgan fingerprint density at radius 1 is 1.20 bits per heavy atom. The maximum Gasteiger partial charge on any atom is 0.301 e. The Kier molecular flexibility index (Phi) is 3.10. The van der Waals surface area contributed by atoms with Gasteiger partial charge in [-0.05, 0) is 19.9 Å². The lowest BCUT2D eigenvalue weighted by Gasteiger charge is -2.05. The average molecular weight is 278 g/mol. The number of nitrogens with zero attached hydrogens (tertiary/aromatic N) is 4. The Morgan fingerprint density at radius 3 is 2.30 bits per heavy atom. The van der Waals surface area contributed by atoms with Crippen molar-refractivity contribution in [1.82, 2.24) is 9.78 Å². The van der Waals surface area contributed by atoms with Gasteiger partial charge < -0.3 is 5.11 Å². The second-order valence-electron chi connectivity index (χ2n) is 4.12. The maximum atomic E-state index is 11.1. The van der Waals surface area contributed by atoms with Gasteiger partial charge in [0.15, 0.2) is 5.75 Å². The molecule has 2 aromatic rings. The highest BCUT2D eigenvalue weighted by Crippen LogP contribution is 2.31. The van der Waals surface area contributed by atoms with Gasteiger partial charge in [-0.3, -0.25) is 20.2 Å². The minimum atomic E-state index is -0.726. The average Bonchev–Trinajstić information content (AvgIpc) is 2.65. The first-order valence-corrected chi connectivity index (χ1v) is 5.51. The summed E-state index contributed by atoms with van der Waals surface area (Å²) >= 11 is 0. The zero-order valence-electron chi connectivity index (χ0n) is 10.6. The van der Waals surface area contributed by atoms with Crippen LogP contribution in [0.2, 0.25) is 0 Å². The van der Waals surface area contributed by atoms with E-state index in [-0.39, 0.29) is 17.1 Å². The van der Waals surface area contributed by atoms with Crippen LogP contribution >= 0.6 is 0 Å². The van der Waals surface area contributed by atoms with Gasteiger partial charge in [0.1, 0.15) is 11.4 Å². The van der Waals surface area contributed by atoms with Crippen LogP contribution in [0.15, 0.2) is 18.2 Å². The van der Waals surface area contributed by atoms with Crippen molar-refractivity contribution in [3.05, 3.63) is 49.8 Å². The first-order chi connectivity index (χ1) is 9.32. The molecule has 0 bridgehead atoms. The third kappa shape index (κ3) is 2.05. The molecule has 1 heterocycles. The smallest absolute Gasteiger partial charge is 0.301 e. The lowest BCUT2D eigenvalue weighted by Crippen LogP contribution is -2.04. The number of non-ortho nitro benzene ring substituents is 1. The largest absolute Gasteiger partial charge is 0.504 e. The van der Waals surface area contributed by atoms with Gasteiger partial charge in [0.05, 0.1) is 21.6 Å². The Bertz CT molecular complexity index is 722. The molecule has 0 unspecified atom stereocenters. The van der Waals surface area contributed by atoms with Gasteiger partial charge in [-0.25, -0.2) is 4.68 Å². The molecule has 104 valence electrons. The van der Waals surface area contributed by atoms with Crippen molar-refractivity contribution in [2.24, 2.45) is 0 Å². The van der Waals surface area contributed by atoms with E-state index in [4.69, 9.17) is 0 Å². The Morgan fingerprint density at radius 2 is 1.85 bits per heavy atom.